The van der Waals surface area contributed by atoms with Gasteiger partial charge in [-0.15, -0.1) is 0 Å². The topological polar surface area (TPSA) is 188 Å². The van der Waals surface area contributed by atoms with Crippen molar-refractivity contribution in [2.24, 2.45) is 17.1 Å². The molecule has 2 aliphatic rings. The highest BCUT2D eigenvalue weighted by Crippen LogP contribution is 2.57. The molecule has 0 aromatic heterocycles. The van der Waals surface area contributed by atoms with Crippen molar-refractivity contribution in [2.75, 3.05) is 26.2 Å². The van der Waals surface area contributed by atoms with Gasteiger partial charge >= 0.3 is 36.4 Å². The van der Waals surface area contributed by atoms with Crippen molar-refractivity contribution < 1.29 is 65.6 Å². The molecular formula is C31H45F6N3O8. The number of fused-ring (bicyclic) bond motifs is 3. The molecule has 48 heavy (non-hydrogen) atoms. The number of nitrogens with two attached hydrogens (primary N) is 1. The first-order valence-electron chi connectivity index (χ1n) is 15.5. The van der Waals surface area contributed by atoms with E-state index in [1.807, 2.05) is 25.1 Å². The number of hydrogen-bond acceptors (Lipinski definition) is 7. The van der Waals surface area contributed by atoms with Crippen LogP contribution in [0.1, 0.15) is 82.8 Å². The van der Waals surface area contributed by atoms with E-state index in [1.54, 1.807) is 0 Å². The van der Waals surface area contributed by atoms with E-state index in [1.165, 1.54) is 18.4 Å². The fourth-order valence-electron chi connectivity index (χ4n) is 6.18. The maximum absolute atomic E-state index is 12.3. The first kappa shape index (κ1) is 42.4. The number of unbranched alkanes of at least 4 members (excludes halogenated alkanes) is 3. The van der Waals surface area contributed by atoms with Crippen molar-refractivity contribution >= 4 is 24.0 Å². The standard InChI is InChI=1S/C27H43N3O4.2C2HF3O2/c1-26-13-7-14-27(2,24(31)32)23(26)12-10-20-9-11-21(19-22(20)26)34-25(33)30-18-8-17-29-16-6-4-3-5-15-28;2*3-2(4,5)1(6)7/h9,11,19,23,29H,3-8,10,12-18,28H2,1-2H3,(H,30,33)(H,31,32);2*(H,6,7)/t23-,26-,27+;;/m1../s1. The average molecular weight is 702 g/mol. The van der Waals surface area contributed by atoms with Gasteiger partial charge in [0.1, 0.15) is 5.75 Å². The molecule has 1 aromatic carbocycles. The summed E-state index contributed by atoms with van der Waals surface area (Å²) in [6, 6.07) is 5.87. The van der Waals surface area contributed by atoms with Gasteiger partial charge in [-0.05, 0) is 106 Å². The van der Waals surface area contributed by atoms with E-state index in [2.05, 4.69) is 17.6 Å². The highest BCUT2D eigenvalue weighted by Gasteiger charge is 2.55. The first-order chi connectivity index (χ1) is 22.2. The number of ether oxygens (including phenoxy) is 1. The Bertz CT molecular complexity index is 1210. The quantitative estimate of drug-likeness (QED) is 0.118. The van der Waals surface area contributed by atoms with E-state index in [4.69, 9.17) is 30.3 Å². The van der Waals surface area contributed by atoms with Crippen LogP contribution >= 0.6 is 0 Å². The number of rotatable bonds is 12. The summed E-state index contributed by atoms with van der Waals surface area (Å²) in [5.41, 5.74) is 6.97. The number of carboxylic acid groups (broad SMARTS) is 3. The molecule has 0 bridgehead atoms. The third-order valence-electron chi connectivity index (χ3n) is 8.62. The molecule has 1 amide bonds. The number of benzene rings is 1. The molecule has 3 atom stereocenters. The van der Waals surface area contributed by atoms with Crippen molar-refractivity contribution in [3.63, 3.8) is 0 Å². The van der Waals surface area contributed by atoms with Gasteiger partial charge in [-0.3, -0.25) is 4.79 Å². The second-order valence-corrected chi connectivity index (χ2v) is 12.1. The summed E-state index contributed by atoms with van der Waals surface area (Å²) in [6.07, 6.45) is -0.812. The lowest BCUT2D eigenvalue weighted by Gasteiger charge is -2.53. The fourth-order valence-corrected chi connectivity index (χ4v) is 6.18. The molecule has 2 aliphatic carbocycles. The van der Waals surface area contributed by atoms with Crippen LogP contribution in [0.2, 0.25) is 0 Å². The summed E-state index contributed by atoms with van der Waals surface area (Å²) in [6.45, 7) is 7.28. The van der Waals surface area contributed by atoms with E-state index in [9.17, 15) is 41.0 Å². The summed E-state index contributed by atoms with van der Waals surface area (Å²) in [7, 11) is 0. The Labute approximate surface area is 274 Å². The number of aliphatic carboxylic acids is 3. The maximum Gasteiger partial charge on any atom is 0.490 e. The van der Waals surface area contributed by atoms with Crippen LogP contribution in [-0.4, -0.2) is 77.9 Å². The van der Waals surface area contributed by atoms with E-state index in [0.29, 0.717) is 12.3 Å². The summed E-state index contributed by atoms with van der Waals surface area (Å²) in [5.74, 6) is -5.60. The van der Waals surface area contributed by atoms with Crippen LogP contribution in [0.4, 0.5) is 31.1 Å². The molecule has 0 spiro atoms. The molecule has 3 rings (SSSR count). The molecule has 11 nitrogen and oxygen atoms in total. The fraction of sp³-hybridized carbons (Fsp3) is 0.677. The Balaban J connectivity index is 0.000000687. The molecule has 0 unspecified atom stereocenters. The van der Waals surface area contributed by atoms with Gasteiger partial charge < -0.3 is 36.4 Å². The Kier molecular flexibility index (Phi) is 16.6. The lowest BCUT2D eigenvalue weighted by molar-refractivity contribution is -0.193. The number of carbonyl (C=O) groups is 4. The maximum atomic E-state index is 12.3. The van der Waals surface area contributed by atoms with Crippen molar-refractivity contribution in [1.29, 1.82) is 0 Å². The summed E-state index contributed by atoms with van der Waals surface area (Å²) in [5, 5.41) is 30.5. The van der Waals surface area contributed by atoms with Crippen molar-refractivity contribution in [3.05, 3.63) is 29.3 Å². The van der Waals surface area contributed by atoms with Gasteiger partial charge in [0.25, 0.3) is 0 Å². The number of halogens is 6. The SMILES string of the molecule is C[C@]1(C(=O)O)CCC[C@]2(C)c3cc(OC(=O)NCCCNCCCCCCN)ccc3CC[C@@H]12.O=C(O)C(F)(F)F.O=C(O)C(F)(F)F. The minimum Gasteiger partial charge on any atom is -0.481 e. The Morgan fingerprint density at radius 1 is 0.875 bits per heavy atom. The van der Waals surface area contributed by atoms with E-state index < -0.39 is 41.8 Å². The Morgan fingerprint density at radius 3 is 1.98 bits per heavy atom. The Morgan fingerprint density at radius 2 is 1.44 bits per heavy atom. The minimum absolute atomic E-state index is 0.0796. The zero-order valence-electron chi connectivity index (χ0n) is 26.9. The molecular weight excluding hydrogens is 656 g/mol. The number of hydrogen-bond donors (Lipinski definition) is 6. The third-order valence-corrected chi connectivity index (χ3v) is 8.62. The summed E-state index contributed by atoms with van der Waals surface area (Å²) >= 11 is 0. The van der Waals surface area contributed by atoms with Gasteiger partial charge in [0, 0.05) is 6.54 Å². The van der Waals surface area contributed by atoms with Crippen molar-refractivity contribution in [1.82, 2.24) is 10.6 Å². The van der Waals surface area contributed by atoms with Crippen LogP contribution in [0.25, 0.3) is 0 Å². The van der Waals surface area contributed by atoms with Gasteiger partial charge in [0.15, 0.2) is 0 Å². The monoisotopic (exact) mass is 701 g/mol. The smallest absolute Gasteiger partial charge is 0.481 e. The lowest BCUT2D eigenvalue weighted by atomic mass is 9.50. The van der Waals surface area contributed by atoms with Crippen LogP contribution in [0.15, 0.2) is 18.2 Å². The molecule has 0 heterocycles. The molecule has 7 N–H and O–H groups in total. The van der Waals surface area contributed by atoms with Crippen LogP contribution in [-0.2, 0) is 26.2 Å². The number of alkyl halides is 6. The van der Waals surface area contributed by atoms with Gasteiger partial charge in [-0.1, -0.05) is 32.3 Å². The molecule has 0 radical (unpaired) electrons. The second-order valence-electron chi connectivity index (χ2n) is 12.1. The summed E-state index contributed by atoms with van der Waals surface area (Å²) < 4.78 is 69.1. The van der Waals surface area contributed by atoms with Gasteiger partial charge in [0.05, 0.1) is 5.41 Å². The van der Waals surface area contributed by atoms with Crippen molar-refractivity contribution in [2.45, 2.75) is 95.8 Å². The number of nitrogens with one attached hydrogen (secondary N) is 2. The normalized spacial score (nSPS) is 21.6. The number of carboxylic acids is 3. The third kappa shape index (κ3) is 13.1. The highest BCUT2D eigenvalue weighted by molar-refractivity contribution is 5.76. The number of carbonyl (C=O) groups excluding carboxylic acids is 1. The van der Waals surface area contributed by atoms with Gasteiger partial charge in [-0.2, -0.15) is 26.3 Å². The molecule has 0 aliphatic heterocycles. The highest BCUT2D eigenvalue weighted by atomic mass is 19.4. The predicted molar refractivity (Wildman–Crippen MR) is 162 cm³/mol. The van der Waals surface area contributed by atoms with E-state index >= 15 is 0 Å². The molecule has 0 saturated heterocycles. The molecule has 274 valence electrons. The first-order valence-corrected chi connectivity index (χ1v) is 15.5. The van der Waals surface area contributed by atoms with E-state index in [0.717, 1.165) is 76.6 Å². The second kappa shape index (κ2) is 18.8. The van der Waals surface area contributed by atoms with Crippen LogP contribution in [0, 0.1) is 11.3 Å². The van der Waals surface area contributed by atoms with Crippen LogP contribution in [0.5, 0.6) is 5.75 Å². The lowest BCUT2D eigenvalue weighted by Crippen LogP contribution is -2.52. The number of amides is 1. The minimum atomic E-state index is -5.08. The molecule has 1 fully saturated rings. The predicted octanol–water partition coefficient (Wildman–Crippen LogP) is 5.64. The molecule has 17 heteroatoms. The zero-order valence-corrected chi connectivity index (χ0v) is 26.9. The Hall–Kier alpha value is -3.60. The van der Waals surface area contributed by atoms with E-state index in [-0.39, 0.29) is 11.3 Å². The zero-order chi connectivity index (χ0) is 36.8. The summed E-state index contributed by atoms with van der Waals surface area (Å²) in [4.78, 5) is 42.3. The van der Waals surface area contributed by atoms with Gasteiger partial charge in [0.2, 0.25) is 0 Å². The van der Waals surface area contributed by atoms with Crippen molar-refractivity contribution in [3.8, 4) is 5.75 Å². The number of aryl methyl sites for hydroxylation is 1. The largest absolute Gasteiger partial charge is 0.490 e. The molecule has 1 aromatic rings. The van der Waals surface area contributed by atoms with Crippen LogP contribution < -0.4 is 21.1 Å². The van der Waals surface area contributed by atoms with Gasteiger partial charge in [-0.25, -0.2) is 14.4 Å². The molecule has 1 saturated carbocycles. The van der Waals surface area contributed by atoms with Crippen LogP contribution in [0.3, 0.4) is 0 Å². The average Bonchev–Trinajstić information content (AvgIpc) is 2.98.